The van der Waals surface area contributed by atoms with E-state index in [1.807, 2.05) is 0 Å². The second-order valence-electron chi connectivity index (χ2n) is 3.59. The highest BCUT2D eigenvalue weighted by atomic mass is 19.1. The maximum atomic E-state index is 13.4. The first kappa shape index (κ1) is 15.1. The number of ether oxygens (including phenoxy) is 2. The summed E-state index contributed by atoms with van der Waals surface area (Å²) in [6, 6.07) is 3.14. The second-order valence-corrected chi connectivity index (χ2v) is 3.59. The van der Waals surface area contributed by atoms with Crippen LogP contribution in [0.3, 0.4) is 0 Å². The molecule has 1 aromatic rings. The number of carboxylic acids is 1. The summed E-state index contributed by atoms with van der Waals surface area (Å²) >= 11 is 0. The van der Waals surface area contributed by atoms with Gasteiger partial charge in [-0.1, -0.05) is 0 Å². The van der Waals surface area contributed by atoms with Crippen molar-refractivity contribution in [2.24, 2.45) is 0 Å². The fourth-order valence-electron chi connectivity index (χ4n) is 1.25. The Kier molecular flexibility index (Phi) is 5.91. The van der Waals surface area contributed by atoms with Gasteiger partial charge in [-0.15, -0.1) is 0 Å². The lowest BCUT2D eigenvalue weighted by Crippen LogP contribution is -2.20. The first-order chi connectivity index (χ1) is 9.04. The number of carbonyl (C=O) groups is 2. The molecule has 0 aromatic heterocycles. The van der Waals surface area contributed by atoms with E-state index in [-0.39, 0.29) is 24.5 Å². The van der Waals surface area contributed by atoms with E-state index in [1.54, 1.807) is 0 Å². The zero-order valence-corrected chi connectivity index (χ0v) is 10.3. The fraction of sp³-hybridized carbons (Fsp3) is 0.333. The van der Waals surface area contributed by atoms with Crippen LogP contribution in [-0.2, 0) is 14.3 Å². The van der Waals surface area contributed by atoms with Crippen LogP contribution >= 0.6 is 0 Å². The molecule has 0 bridgehead atoms. The van der Waals surface area contributed by atoms with Crippen LogP contribution in [0, 0.1) is 5.82 Å². The second kappa shape index (κ2) is 7.45. The number of hydrogen-bond donors (Lipinski definition) is 2. The Balaban J connectivity index is 2.58. The molecule has 19 heavy (non-hydrogen) atoms. The van der Waals surface area contributed by atoms with Gasteiger partial charge in [0, 0.05) is 7.11 Å². The molecule has 0 aliphatic heterocycles. The number of nitrogens with one attached hydrogen (secondary N) is 1. The summed E-state index contributed by atoms with van der Waals surface area (Å²) in [5.74, 6) is -2.49. The predicted molar refractivity (Wildman–Crippen MR) is 64.7 cm³/mol. The number of halogens is 1. The van der Waals surface area contributed by atoms with Gasteiger partial charge >= 0.3 is 5.97 Å². The van der Waals surface area contributed by atoms with Crippen molar-refractivity contribution in [2.75, 3.05) is 32.2 Å². The first-order valence-corrected chi connectivity index (χ1v) is 5.44. The lowest BCUT2D eigenvalue weighted by Gasteiger charge is -2.07. The number of aromatic carboxylic acids is 1. The molecule has 1 amide bonds. The molecular formula is C12H14FNO5. The van der Waals surface area contributed by atoms with E-state index < -0.39 is 17.7 Å². The molecule has 0 fully saturated rings. The van der Waals surface area contributed by atoms with Crippen LogP contribution in [0.2, 0.25) is 0 Å². The van der Waals surface area contributed by atoms with Gasteiger partial charge in [0.05, 0.1) is 24.5 Å². The summed E-state index contributed by atoms with van der Waals surface area (Å²) in [6.45, 7) is 0.317. The smallest absolute Gasteiger partial charge is 0.335 e. The molecule has 0 radical (unpaired) electrons. The zero-order chi connectivity index (χ0) is 14.3. The molecular weight excluding hydrogens is 257 g/mol. The van der Waals surface area contributed by atoms with E-state index in [0.717, 1.165) is 18.2 Å². The normalized spacial score (nSPS) is 10.2. The molecule has 0 aliphatic rings. The summed E-state index contributed by atoms with van der Waals surface area (Å²) in [5.41, 5.74) is -0.308. The lowest BCUT2D eigenvalue weighted by molar-refractivity contribution is -0.121. The van der Waals surface area contributed by atoms with Crippen molar-refractivity contribution >= 4 is 17.6 Å². The van der Waals surface area contributed by atoms with Gasteiger partial charge in [0.1, 0.15) is 12.4 Å². The van der Waals surface area contributed by atoms with Crippen LogP contribution in [0.15, 0.2) is 18.2 Å². The third-order valence-electron chi connectivity index (χ3n) is 2.15. The van der Waals surface area contributed by atoms with E-state index in [0.29, 0.717) is 6.61 Å². The van der Waals surface area contributed by atoms with E-state index in [1.165, 1.54) is 7.11 Å². The maximum Gasteiger partial charge on any atom is 0.335 e. The van der Waals surface area contributed by atoms with Crippen LogP contribution in [0.4, 0.5) is 10.1 Å². The molecule has 0 spiro atoms. The van der Waals surface area contributed by atoms with Crippen molar-refractivity contribution in [2.45, 2.75) is 0 Å². The largest absolute Gasteiger partial charge is 0.478 e. The van der Waals surface area contributed by atoms with E-state index >= 15 is 0 Å². The van der Waals surface area contributed by atoms with Gasteiger partial charge in [-0.25, -0.2) is 9.18 Å². The SMILES string of the molecule is COCCOCC(=O)Nc1cc(C(=O)O)ccc1F. The number of amides is 1. The van der Waals surface area contributed by atoms with Crippen LogP contribution < -0.4 is 5.32 Å². The first-order valence-electron chi connectivity index (χ1n) is 5.44. The molecule has 104 valence electrons. The van der Waals surface area contributed by atoms with Crippen molar-refractivity contribution in [3.8, 4) is 0 Å². The van der Waals surface area contributed by atoms with Crippen LogP contribution in [-0.4, -0.2) is 43.9 Å². The van der Waals surface area contributed by atoms with Crippen LogP contribution in [0.1, 0.15) is 10.4 Å². The van der Waals surface area contributed by atoms with Gasteiger partial charge in [-0.3, -0.25) is 4.79 Å². The van der Waals surface area contributed by atoms with Gasteiger partial charge in [0.15, 0.2) is 0 Å². The molecule has 1 rings (SSSR count). The molecule has 0 saturated heterocycles. The quantitative estimate of drug-likeness (QED) is 0.726. The molecule has 0 heterocycles. The van der Waals surface area contributed by atoms with Crippen LogP contribution in [0.25, 0.3) is 0 Å². The minimum atomic E-state index is -1.20. The Labute approximate surface area is 109 Å². The van der Waals surface area contributed by atoms with Crippen molar-refractivity contribution < 1.29 is 28.6 Å². The minimum absolute atomic E-state index is 0.114. The van der Waals surface area contributed by atoms with Crippen molar-refractivity contribution in [1.29, 1.82) is 0 Å². The fourth-order valence-corrected chi connectivity index (χ4v) is 1.25. The summed E-state index contributed by atoms with van der Waals surface area (Å²) in [5, 5.41) is 11.0. The molecule has 2 N–H and O–H groups in total. The average molecular weight is 271 g/mol. The summed E-state index contributed by atoms with van der Waals surface area (Å²) < 4.78 is 23.0. The summed E-state index contributed by atoms with van der Waals surface area (Å²) in [4.78, 5) is 22.1. The van der Waals surface area contributed by atoms with Crippen molar-refractivity contribution in [1.82, 2.24) is 0 Å². The van der Waals surface area contributed by atoms with Gasteiger partial charge in [-0.2, -0.15) is 0 Å². The molecule has 0 unspecified atom stereocenters. The molecule has 1 aromatic carbocycles. The Morgan fingerprint density at radius 3 is 2.74 bits per heavy atom. The minimum Gasteiger partial charge on any atom is -0.478 e. The van der Waals surface area contributed by atoms with Crippen LogP contribution in [0.5, 0.6) is 0 Å². The van der Waals surface area contributed by atoms with E-state index in [2.05, 4.69) is 5.32 Å². The maximum absolute atomic E-state index is 13.4. The zero-order valence-electron chi connectivity index (χ0n) is 10.3. The van der Waals surface area contributed by atoms with Gasteiger partial charge in [-0.05, 0) is 18.2 Å². The number of anilines is 1. The Hall–Kier alpha value is -1.99. The van der Waals surface area contributed by atoms with Crippen molar-refractivity contribution in [3.63, 3.8) is 0 Å². The molecule has 0 atom stereocenters. The van der Waals surface area contributed by atoms with E-state index in [4.69, 9.17) is 14.6 Å². The average Bonchev–Trinajstić information content (AvgIpc) is 2.37. The number of rotatable bonds is 7. The highest BCUT2D eigenvalue weighted by Gasteiger charge is 2.11. The number of methoxy groups -OCH3 is 1. The molecule has 6 nitrogen and oxygen atoms in total. The number of hydrogen-bond acceptors (Lipinski definition) is 4. The topological polar surface area (TPSA) is 84.9 Å². The van der Waals surface area contributed by atoms with Gasteiger partial charge in [0.25, 0.3) is 0 Å². The molecule has 0 saturated carbocycles. The molecule has 0 aliphatic carbocycles. The third-order valence-corrected chi connectivity index (χ3v) is 2.15. The predicted octanol–water partition coefficient (Wildman–Crippen LogP) is 1.13. The third kappa shape index (κ3) is 5.02. The van der Waals surface area contributed by atoms with Crippen molar-refractivity contribution in [3.05, 3.63) is 29.6 Å². The Bertz CT molecular complexity index is 463. The monoisotopic (exact) mass is 271 g/mol. The number of benzene rings is 1. The highest BCUT2D eigenvalue weighted by Crippen LogP contribution is 2.16. The number of carboxylic acid groups (broad SMARTS) is 1. The summed E-state index contributed by atoms with van der Waals surface area (Å²) in [7, 11) is 1.50. The standard InChI is InChI=1S/C12H14FNO5/c1-18-4-5-19-7-11(15)14-10-6-8(12(16)17)2-3-9(10)13/h2-3,6H,4-5,7H2,1H3,(H,14,15)(H,16,17). The highest BCUT2D eigenvalue weighted by molar-refractivity contribution is 5.94. The summed E-state index contributed by atoms with van der Waals surface area (Å²) in [6.07, 6.45) is 0. The van der Waals surface area contributed by atoms with E-state index in [9.17, 15) is 14.0 Å². The molecule has 7 heteroatoms. The Morgan fingerprint density at radius 1 is 1.37 bits per heavy atom. The lowest BCUT2D eigenvalue weighted by atomic mass is 10.2. The number of carbonyl (C=O) groups excluding carboxylic acids is 1. The van der Waals surface area contributed by atoms with Gasteiger partial charge in [0.2, 0.25) is 5.91 Å². The Morgan fingerprint density at radius 2 is 2.11 bits per heavy atom. The van der Waals surface area contributed by atoms with Gasteiger partial charge < -0.3 is 19.9 Å².